The minimum absolute atomic E-state index is 0.0316. The van der Waals surface area contributed by atoms with Crippen molar-refractivity contribution in [1.82, 2.24) is 4.90 Å². The smallest absolute Gasteiger partial charge is 0.238 e. The van der Waals surface area contributed by atoms with E-state index in [1.807, 2.05) is 30.1 Å². The lowest BCUT2D eigenvalue weighted by atomic mass is 10.1. The molecule has 0 saturated heterocycles. The third-order valence-electron chi connectivity index (χ3n) is 3.16. The van der Waals surface area contributed by atoms with Crippen molar-refractivity contribution >= 4 is 28.8 Å². The van der Waals surface area contributed by atoms with E-state index in [0.29, 0.717) is 17.5 Å². The molecule has 0 fully saturated rings. The van der Waals surface area contributed by atoms with Crippen molar-refractivity contribution < 1.29 is 4.79 Å². The molecule has 110 valence electrons. The number of rotatable bonds is 7. The second-order valence-corrected chi connectivity index (χ2v) is 5.64. The molecule has 0 aromatic heterocycles. The zero-order valence-electron chi connectivity index (χ0n) is 12.3. The first-order chi connectivity index (χ1) is 9.42. The molecule has 3 N–H and O–H groups in total. The van der Waals surface area contributed by atoms with E-state index < -0.39 is 0 Å². The van der Waals surface area contributed by atoms with Gasteiger partial charge in [-0.1, -0.05) is 44.6 Å². The number of benzene rings is 1. The average Bonchev–Trinajstić information content (AvgIpc) is 2.38. The summed E-state index contributed by atoms with van der Waals surface area (Å²) in [6, 6.07) is 7.27. The molecule has 5 heteroatoms. The maximum atomic E-state index is 12.0. The highest BCUT2D eigenvalue weighted by molar-refractivity contribution is 7.80. The Morgan fingerprint density at radius 3 is 2.80 bits per heavy atom. The van der Waals surface area contributed by atoms with Gasteiger partial charge in [0, 0.05) is 17.8 Å². The predicted molar refractivity (Wildman–Crippen MR) is 87.9 cm³/mol. The second-order valence-electron chi connectivity index (χ2n) is 5.20. The molecule has 1 rings (SSSR count). The van der Waals surface area contributed by atoms with Gasteiger partial charge in [0.25, 0.3) is 0 Å². The fourth-order valence-electron chi connectivity index (χ4n) is 1.92. The van der Waals surface area contributed by atoms with Crippen molar-refractivity contribution in [2.24, 2.45) is 11.7 Å². The number of amides is 1. The van der Waals surface area contributed by atoms with Crippen molar-refractivity contribution in [2.45, 2.75) is 20.3 Å². The molecule has 0 bridgehead atoms. The van der Waals surface area contributed by atoms with Gasteiger partial charge in [-0.05, 0) is 25.1 Å². The highest BCUT2D eigenvalue weighted by Gasteiger charge is 2.10. The summed E-state index contributed by atoms with van der Waals surface area (Å²) < 4.78 is 0. The van der Waals surface area contributed by atoms with E-state index in [-0.39, 0.29) is 5.91 Å². The Balaban J connectivity index is 2.54. The molecule has 1 amide bonds. The normalized spacial score (nSPS) is 12.2. The molecule has 4 nitrogen and oxygen atoms in total. The summed E-state index contributed by atoms with van der Waals surface area (Å²) in [5, 5.41) is 2.86. The van der Waals surface area contributed by atoms with Gasteiger partial charge in [-0.2, -0.15) is 0 Å². The van der Waals surface area contributed by atoms with Gasteiger partial charge in [-0.3, -0.25) is 9.69 Å². The van der Waals surface area contributed by atoms with Crippen molar-refractivity contribution in [3.05, 3.63) is 29.8 Å². The fraction of sp³-hybridized carbons (Fsp3) is 0.467. The van der Waals surface area contributed by atoms with Gasteiger partial charge in [0.1, 0.15) is 4.99 Å². The van der Waals surface area contributed by atoms with Crippen LogP contribution < -0.4 is 11.1 Å². The van der Waals surface area contributed by atoms with Crippen molar-refractivity contribution in [3.8, 4) is 0 Å². The predicted octanol–water partition coefficient (Wildman–Crippen LogP) is 2.24. The summed E-state index contributed by atoms with van der Waals surface area (Å²) >= 11 is 4.92. The lowest BCUT2D eigenvalue weighted by Gasteiger charge is -2.19. The van der Waals surface area contributed by atoms with Gasteiger partial charge >= 0.3 is 0 Å². The van der Waals surface area contributed by atoms with E-state index >= 15 is 0 Å². The summed E-state index contributed by atoms with van der Waals surface area (Å²) in [6.45, 7) is 5.62. The van der Waals surface area contributed by atoms with Crippen LogP contribution in [0.2, 0.25) is 0 Å². The maximum Gasteiger partial charge on any atom is 0.238 e. The van der Waals surface area contributed by atoms with E-state index in [9.17, 15) is 4.79 Å². The number of likely N-dealkylation sites (N-methyl/N-ethyl adjacent to an activating group) is 1. The van der Waals surface area contributed by atoms with Gasteiger partial charge in [0.15, 0.2) is 0 Å². The Hall–Kier alpha value is -1.46. The molecule has 0 aliphatic heterocycles. The summed E-state index contributed by atoms with van der Waals surface area (Å²) in [4.78, 5) is 14.3. The average molecular weight is 293 g/mol. The minimum atomic E-state index is -0.0316. The van der Waals surface area contributed by atoms with Gasteiger partial charge in [0.2, 0.25) is 5.91 Å². The third-order valence-corrected chi connectivity index (χ3v) is 3.40. The van der Waals surface area contributed by atoms with Crippen LogP contribution >= 0.6 is 12.2 Å². The van der Waals surface area contributed by atoms with Gasteiger partial charge < -0.3 is 11.1 Å². The quantitative estimate of drug-likeness (QED) is 0.757. The topological polar surface area (TPSA) is 58.4 Å². The molecule has 0 radical (unpaired) electrons. The molecule has 20 heavy (non-hydrogen) atoms. The summed E-state index contributed by atoms with van der Waals surface area (Å²) in [6.07, 6.45) is 1.11. The number of hydrogen-bond acceptors (Lipinski definition) is 3. The fourth-order valence-corrected chi connectivity index (χ4v) is 2.05. The Morgan fingerprint density at radius 2 is 2.20 bits per heavy atom. The minimum Gasteiger partial charge on any atom is -0.389 e. The van der Waals surface area contributed by atoms with E-state index in [1.165, 1.54) is 0 Å². The van der Waals surface area contributed by atoms with Gasteiger partial charge in [0.05, 0.1) is 6.54 Å². The standard InChI is InChI=1S/C15H23N3OS/c1-4-11(2)9-18(3)10-14(19)17-13-7-5-6-12(8-13)15(16)20/h5-8,11H,4,9-10H2,1-3H3,(H2,16,20)(H,17,19). The second kappa shape index (κ2) is 7.97. The van der Waals surface area contributed by atoms with Crippen LogP contribution in [-0.2, 0) is 4.79 Å². The largest absolute Gasteiger partial charge is 0.389 e. The number of nitrogens with one attached hydrogen (secondary N) is 1. The molecule has 0 aliphatic rings. The number of nitrogens with two attached hydrogens (primary N) is 1. The Kier molecular flexibility index (Phi) is 6.61. The van der Waals surface area contributed by atoms with Crippen molar-refractivity contribution in [3.63, 3.8) is 0 Å². The third kappa shape index (κ3) is 5.67. The van der Waals surface area contributed by atoms with Crippen LogP contribution in [0.15, 0.2) is 24.3 Å². The molecule has 0 aliphatic carbocycles. The van der Waals surface area contributed by atoms with Crippen LogP contribution in [0.4, 0.5) is 5.69 Å². The van der Waals surface area contributed by atoms with Crippen LogP contribution in [-0.4, -0.2) is 35.9 Å². The van der Waals surface area contributed by atoms with Crippen LogP contribution in [0.1, 0.15) is 25.8 Å². The molecule has 1 unspecified atom stereocenters. The highest BCUT2D eigenvalue weighted by atomic mass is 32.1. The number of thiocarbonyl (C=S) groups is 1. The first-order valence-electron chi connectivity index (χ1n) is 6.80. The summed E-state index contributed by atoms with van der Waals surface area (Å²) in [7, 11) is 1.96. The van der Waals surface area contributed by atoms with Crippen molar-refractivity contribution in [2.75, 3.05) is 25.5 Å². The maximum absolute atomic E-state index is 12.0. The molecule has 0 saturated carbocycles. The van der Waals surface area contributed by atoms with E-state index in [0.717, 1.165) is 24.2 Å². The van der Waals surface area contributed by atoms with Gasteiger partial charge in [-0.15, -0.1) is 0 Å². The molecular formula is C15H23N3OS. The Bertz CT molecular complexity index is 476. The van der Waals surface area contributed by atoms with Crippen LogP contribution in [0.3, 0.4) is 0 Å². The Morgan fingerprint density at radius 1 is 1.50 bits per heavy atom. The lowest BCUT2D eigenvalue weighted by molar-refractivity contribution is -0.117. The molecule has 0 spiro atoms. The first-order valence-corrected chi connectivity index (χ1v) is 7.21. The number of carbonyl (C=O) groups excluding carboxylic acids is 1. The van der Waals surface area contributed by atoms with Crippen LogP contribution in [0, 0.1) is 5.92 Å². The molecule has 1 aromatic rings. The lowest BCUT2D eigenvalue weighted by Crippen LogP contribution is -2.33. The van der Waals surface area contributed by atoms with E-state index in [4.69, 9.17) is 18.0 Å². The van der Waals surface area contributed by atoms with Gasteiger partial charge in [-0.25, -0.2) is 0 Å². The molecule has 0 heterocycles. The van der Waals surface area contributed by atoms with E-state index in [2.05, 4.69) is 19.2 Å². The summed E-state index contributed by atoms with van der Waals surface area (Å²) in [5.74, 6) is 0.557. The van der Waals surface area contributed by atoms with Crippen LogP contribution in [0.25, 0.3) is 0 Å². The number of hydrogen-bond donors (Lipinski definition) is 2. The molecule has 1 atom stereocenters. The number of carbonyl (C=O) groups is 1. The van der Waals surface area contributed by atoms with Crippen LogP contribution in [0.5, 0.6) is 0 Å². The van der Waals surface area contributed by atoms with E-state index in [1.54, 1.807) is 6.07 Å². The molecular weight excluding hydrogens is 270 g/mol. The highest BCUT2D eigenvalue weighted by Crippen LogP contribution is 2.11. The zero-order valence-corrected chi connectivity index (χ0v) is 13.2. The zero-order chi connectivity index (χ0) is 15.1. The Labute approximate surface area is 126 Å². The molecule has 1 aromatic carbocycles. The van der Waals surface area contributed by atoms with Crippen molar-refractivity contribution in [1.29, 1.82) is 0 Å². The number of anilines is 1. The summed E-state index contributed by atoms with van der Waals surface area (Å²) in [5.41, 5.74) is 7.05. The number of nitrogens with zero attached hydrogens (tertiary/aromatic N) is 1. The first kappa shape index (κ1) is 16.6. The SMILES string of the molecule is CCC(C)CN(C)CC(=O)Nc1cccc(C(N)=S)c1. The monoisotopic (exact) mass is 293 g/mol.